The lowest BCUT2D eigenvalue weighted by Crippen LogP contribution is -2.35. The third kappa shape index (κ3) is 2.88. The van der Waals surface area contributed by atoms with Crippen LogP contribution in [0.5, 0.6) is 0 Å². The molecule has 1 aromatic rings. The van der Waals surface area contributed by atoms with Gasteiger partial charge in [0.25, 0.3) is 5.91 Å². The Labute approximate surface area is 103 Å². The first kappa shape index (κ1) is 13.8. The van der Waals surface area contributed by atoms with Crippen molar-refractivity contribution >= 4 is 5.91 Å². The van der Waals surface area contributed by atoms with Crippen LogP contribution in [0.4, 0.5) is 0 Å². The molecule has 0 aliphatic heterocycles. The Morgan fingerprint density at radius 3 is 2.41 bits per heavy atom. The predicted molar refractivity (Wildman–Crippen MR) is 68.3 cm³/mol. The predicted octanol–water partition coefficient (Wildman–Crippen LogP) is 1.80. The number of nitrogens with one attached hydrogen (secondary N) is 1. The van der Waals surface area contributed by atoms with Crippen molar-refractivity contribution in [3.63, 3.8) is 0 Å². The molecule has 1 unspecified atom stereocenters. The van der Waals surface area contributed by atoms with Crippen LogP contribution in [-0.4, -0.2) is 28.2 Å². The summed E-state index contributed by atoms with van der Waals surface area (Å²) in [5.41, 5.74) is 2.75. The molecule has 0 aliphatic carbocycles. The van der Waals surface area contributed by atoms with Gasteiger partial charge in [-0.05, 0) is 40.7 Å². The third-order valence-electron chi connectivity index (χ3n) is 2.90. The maximum absolute atomic E-state index is 12.0. The number of carbonyl (C=O) groups excluding carboxylic acids is 1. The van der Waals surface area contributed by atoms with E-state index < -0.39 is 0 Å². The largest absolute Gasteiger partial charge is 0.394 e. The first-order valence-electron chi connectivity index (χ1n) is 5.98. The van der Waals surface area contributed by atoms with Crippen molar-refractivity contribution in [3.8, 4) is 0 Å². The van der Waals surface area contributed by atoms with E-state index in [0.29, 0.717) is 11.6 Å². The Bertz CT molecular complexity index is 408. The van der Waals surface area contributed by atoms with Crippen molar-refractivity contribution < 1.29 is 9.90 Å². The Balaban J connectivity index is 3.00. The molecule has 1 heterocycles. The van der Waals surface area contributed by atoms with Gasteiger partial charge in [-0.1, -0.05) is 0 Å². The van der Waals surface area contributed by atoms with E-state index in [2.05, 4.69) is 23.7 Å². The van der Waals surface area contributed by atoms with E-state index >= 15 is 0 Å². The number of aromatic nitrogens is 1. The summed E-state index contributed by atoms with van der Waals surface area (Å²) in [6, 6.07) is 2.02. The minimum Gasteiger partial charge on any atom is -0.394 e. The highest BCUT2D eigenvalue weighted by atomic mass is 16.3. The first-order valence-corrected chi connectivity index (χ1v) is 5.98. The summed E-state index contributed by atoms with van der Waals surface area (Å²) < 4.78 is 2.14. The van der Waals surface area contributed by atoms with E-state index in [9.17, 15) is 4.79 Å². The number of aliphatic hydroxyl groups excluding tert-OH is 1. The second-order valence-electron chi connectivity index (χ2n) is 4.81. The average Bonchev–Trinajstić information content (AvgIpc) is 2.53. The lowest BCUT2D eigenvalue weighted by atomic mass is 10.2. The standard InChI is InChI=1S/C13H22N2O2/c1-8(2)15-10(4)6-12(11(15)5)13(17)14-9(3)7-16/h6,8-9,16H,7H2,1-5H3,(H,14,17). The summed E-state index contributed by atoms with van der Waals surface area (Å²) in [6.45, 7) is 9.87. The van der Waals surface area contributed by atoms with Crippen LogP contribution in [0.1, 0.15) is 48.6 Å². The highest BCUT2D eigenvalue weighted by molar-refractivity contribution is 5.95. The molecule has 0 saturated heterocycles. The highest BCUT2D eigenvalue weighted by Crippen LogP contribution is 2.19. The molecule has 0 bridgehead atoms. The molecule has 2 N–H and O–H groups in total. The van der Waals surface area contributed by atoms with Crippen LogP contribution in [-0.2, 0) is 0 Å². The molecule has 0 saturated carbocycles. The number of nitrogens with zero attached hydrogens (tertiary/aromatic N) is 1. The van der Waals surface area contributed by atoms with Crippen LogP contribution >= 0.6 is 0 Å². The number of aryl methyl sites for hydroxylation is 1. The van der Waals surface area contributed by atoms with E-state index in [1.54, 1.807) is 6.92 Å². The van der Waals surface area contributed by atoms with Crippen molar-refractivity contribution in [1.82, 2.24) is 9.88 Å². The number of aliphatic hydroxyl groups is 1. The summed E-state index contributed by atoms with van der Waals surface area (Å²) in [5, 5.41) is 11.7. The fourth-order valence-electron chi connectivity index (χ4n) is 2.15. The van der Waals surface area contributed by atoms with Gasteiger partial charge in [0.15, 0.2) is 0 Å². The Kier molecular flexibility index (Phi) is 4.34. The molecule has 17 heavy (non-hydrogen) atoms. The number of carbonyl (C=O) groups is 1. The maximum atomic E-state index is 12.0. The molecule has 0 aliphatic rings. The molecule has 96 valence electrons. The molecular weight excluding hydrogens is 216 g/mol. The van der Waals surface area contributed by atoms with Gasteiger partial charge in [0, 0.05) is 23.5 Å². The van der Waals surface area contributed by atoms with Crippen LogP contribution in [0.25, 0.3) is 0 Å². The van der Waals surface area contributed by atoms with Crippen molar-refractivity contribution in [3.05, 3.63) is 23.0 Å². The Morgan fingerprint density at radius 1 is 1.41 bits per heavy atom. The van der Waals surface area contributed by atoms with Crippen molar-refractivity contribution in [2.24, 2.45) is 0 Å². The van der Waals surface area contributed by atoms with Gasteiger partial charge in [-0.3, -0.25) is 4.79 Å². The van der Waals surface area contributed by atoms with E-state index in [0.717, 1.165) is 11.4 Å². The number of rotatable bonds is 4. The van der Waals surface area contributed by atoms with Gasteiger partial charge in [-0.2, -0.15) is 0 Å². The number of hydrogen-bond donors (Lipinski definition) is 2. The van der Waals surface area contributed by atoms with Crippen LogP contribution in [0, 0.1) is 13.8 Å². The van der Waals surface area contributed by atoms with Crippen LogP contribution in [0.2, 0.25) is 0 Å². The highest BCUT2D eigenvalue weighted by Gasteiger charge is 2.17. The number of hydrogen-bond acceptors (Lipinski definition) is 2. The fraction of sp³-hybridized carbons (Fsp3) is 0.615. The summed E-state index contributed by atoms with van der Waals surface area (Å²) in [7, 11) is 0. The molecule has 1 rings (SSSR count). The lowest BCUT2D eigenvalue weighted by Gasteiger charge is -2.14. The van der Waals surface area contributed by atoms with Gasteiger partial charge >= 0.3 is 0 Å². The molecule has 4 heteroatoms. The second kappa shape index (κ2) is 5.36. The summed E-state index contributed by atoms with van der Waals surface area (Å²) in [4.78, 5) is 12.0. The minimum atomic E-state index is -0.218. The van der Waals surface area contributed by atoms with Gasteiger partial charge in [-0.25, -0.2) is 0 Å². The average molecular weight is 238 g/mol. The topological polar surface area (TPSA) is 54.3 Å². The van der Waals surface area contributed by atoms with E-state index in [1.807, 2.05) is 19.9 Å². The molecule has 0 radical (unpaired) electrons. The molecule has 0 spiro atoms. The molecule has 4 nitrogen and oxygen atoms in total. The minimum absolute atomic E-state index is 0.0470. The fourth-order valence-corrected chi connectivity index (χ4v) is 2.15. The van der Waals surface area contributed by atoms with Crippen molar-refractivity contribution in [1.29, 1.82) is 0 Å². The zero-order valence-electron chi connectivity index (χ0n) is 11.2. The molecule has 1 aromatic heterocycles. The van der Waals surface area contributed by atoms with Crippen molar-refractivity contribution in [2.45, 2.75) is 46.7 Å². The second-order valence-corrected chi connectivity index (χ2v) is 4.81. The van der Waals surface area contributed by atoms with E-state index in [4.69, 9.17) is 5.11 Å². The van der Waals surface area contributed by atoms with Crippen LogP contribution in [0.15, 0.2) is 6.07 Å². The first-order chi connectivity index (χ1) is 7.88. The normalized spacial score (nSPS) is 12.9. The van der Waals surface area contributed by atoms with Gasteiger partial charge < -0.3 is 15.0 Å². The van der Waals surface area contributed by atoms with Gasteiger partial charge in [0.2, 0.25) is 0 Å². The quantitative estimate of drug-likeness (QED) is 0.840. The maximum Gasteiger partial charge on any atom is 0.253 e. The Hall–Kier alpha value is -1.29. The van der Waals surface area contributed by atoms with Crippen LogP contribution in [0.3, 0.4) is 0 Å². The third-order valence-corrected chi connectivity index (χ3v) is 2.90. The molecule has 0 aromatic carbocycles. The van der Waals surface area contributed by atoms with Gasteiger partial charge in [0.1, 0.15) is 0 Å². The molecule has 1 amide bonds. The molecule has 1 atom stereocenters. The van der Waals surface area contributed by atoms with Crippen LogP contribution < -0.4 is 5.32 Å². The smallest absolute Gasteiger partial charge is 0.253 e. The van der Waals surface area contributed by atoms with Gasteiger partial charge in [-0.15, -0.1) is 0 Å². The molecular formula is C13H22N2O2. The van der Waals surface area contributed by atoms with Gasteiger partial charge in [0.05, 0.1) is 12.2 Å². The lowest BCUT2D eigenvalue weighted by molar-refractivity contribution is 0.0921. The SMILES string of the molecule is Cc1cc(C(=O)NC(C)CO)c(C)n1C(C)C. The molecule has 0 fully saturated rings. The van der Waals surface area contributed by atoms with E-state index in [-0.39, 0.29) is 18.6 Å². The Morgan fingerprint density at radius 2 is 2.00 bits per heavy atom. The van der Waals surface area contributed by atoms with Crippen molar-refractivity contribution in [2.75, 3.05) is 6.61 Å². The summed E-state index contributed by atoms with van der Waals surface area (Å²) in [5.74, 6) is -0.119. The monoisotopic (exact) mass is 238 g/mol. The summed E-state index contributed by atoms with van der Waals surface area (Å²) >= 11 is 0. The zero-order valence-corrected chi connectivity index (χ0v) is 11.2. The number of amides is 1. The summed E-state index contributed by atoms with van der Waals surface area (Å²) in [6.07, 6.45) is 0. The van der Waals surface area contributed by atoms with E-state index in [1.165, 1.54) is 0 Å². The zero-order chi connectivity index (χ0) is 13.2.